The largest absolute Gasteiger partial charge is 0.493 e. The molecule has 1 aliphatic rings. The molecule has 2 aromatic carbocycles. The first-order chi connectivity index (χ1) is 19.1. The van der Waals surface area contributed by atoms with Gasteiger partial charge in [-0.1, -0.05) is 6.08 Å². The maximum Gasteiger partial charge on any atom is 0.341 e. The molecule has 214 valence electrons. The fourth-order valence-corrected chi connectivity index (χ4v) is 4.64. The molecule has 41 heavy (non-hydrogen) atoms. The molecule has 0 amide bonds. The molecule has 0 aliphatic heterocycles. The van der Waals surface area contributed by atoms with Crippen LogP contribution in [0.15, 0.2) is 35.4 Å². The second-order valence-corrected chi connectivity index (χ2v) is 9.37. The molecule has 0 bridgehead atoms. The topological polar surface area (TPSA) is 156 Å². The van der Waals surface area contributed by atoms with Crippen molar-refractivity contribution in [3.05, 3.63) is 80.3 Å². The zero-order chi connectivity index (χ0) is 28.7. The number of aromatic carboxylic acids is 1. The molecule has 1 saturated carbocycles. The molecule has 0 saturated heterocycles. The van der Waals surface area contributed by atoms with Gasteiger partial charge in [-0.15, -0.1) is 12.4 Å². The summed E-state index contributed by atoms with van der Waals surface area (Å²) in [6.45, 7) is 0. The van der Waals surface area contributed by atoms with Gasteiger partial charge in [-0.3, -0.25) is 4.79 Å². The number of aromatic nitrogens is 3. The normalized spacial score (nSPS) is 12.9. The fourth-order valence-electron chi connectivity index (χ4n) is 4.64. The van der Waals surface area contributed by atoms with E-state index in [-0.39, 0.29) is 41.1 Å². The van der Waals surface area contributed by atoms with E-state index in [9.17, 15) is 14.7 Å². The number of rotatable bonds is 8. The number of hydrogen-bond donors (Lipinski definition) is 3. The van der Waals surface area contributed by atoms with Crippen molar-refractivity contribution in [2.24, 2.45) is 0 Å². The average molecular weight is 586 g/mol. The van der Waals surface area contributed by atoms with Crippen LogP contribution < -0.4 is 26.4 Å². The molecule has 0 unspecified atom stereocenters. The van der Waals surface area contributed by atoms with Gasteiger partial charge in [0.15, 0.2) is 17.3 Å². The molecule has 4 aromatic rings. The van der Waals surface area contributed by atoms with E-state index in [1.54, 1.807) is 12.1 Å². The van der Waals surface area contributed by atoms with Crippen LogP contribution in [-0.2, 0) is 6.42 Å². The van der Waals surface area contributed by atoms with E-state index in [4.69, 9.17) is 20.9 Å². The summed E-state index contributed by atoms with van der Waals surface area (Å²) in [5.74, 6) is -2.49. The zero-order valence-corrected chi connectivity index (χ0v) is 22.8. The van der Waals surface area contributed by atoms with Crippen molar-refractivity contribution in [3.63, 3.8) is 0 Å². The second-order valence-electron chi connectivity index (χ2n) is 9.37. The highest BCUT2D eigenvalue weighted by Gasteiger charge is 2.29. The number of halogens is 3. The van der Waals surface area contributed by atoms with Crippen molar-refractivity contribution < 1.29 is 28.2 Å². The Labute approximate surface area is 238 Å². The number of anilines is 2. The third kappa shape index (κ3) is 5.50. The summed E-state index contributed by atoms with van der Waals surface area (Å²) < 4.78 is 43.5. The highest BCUT2D eigenvalue weighted by Crippen LogP contribution is 2.39. The van der Waals surface area contributed by atoms with Crippen LogP contribution in [0.2, 0.25) is 0 Å². The Morgan fingerprint density at radius 3 is 2.51 bits per heavy atom. The third-order valence-corrected chi connectivity index (χ3v) is 6.72. The Kier molecular flexibility index (Phi) is 8.15. The number of hydrogen-bond acceptors (Lipinski definition) is 8. The number of pyridine rings is 1. The lowest BCUT2D eigenvalue weighted by molar-refractivity contribution is 0.0694. The third-order valence-electron chi connectivity index (χ3n) is 6.72. The van der Waals surface area contributed by atoms with Gasteiger partial charge in [-0.2, -0.15) is 4.98 Å². The first-order valence-electron chi connectivity index (χ1n) is 12.2. The second kappa shape index (κ2) is 11.4. The molecule has 5 rings (SSSR count). The zero-order valence-electron chi connectivity index (χ0n) is 22.0. The van der Waals surface area contributed by atoms with Crippen LogP contribution in [0.25, 0.3) is 23.1 Å². The van der Waals surface area contributed by atoms with Gasteiger partial charge in [0.2, 0.25) is 11.4 Å². The van der Waals surface area contributed by atoms with E-state index >= 15 is 8.78 Å². The number of nitrogens with two attached hydrogens (primary N) is 2. The molecular formula is C28H26ClF2N5O5. The lowest BCUT2D eigenvalue weighted by Gasteiger charge is -2.15. The van der Waals surface area contributed by atoms with Crippen LogP contribution >= 0.6 is 12.4 Å². The highest BCUT2D eigenvalue weighted by molar-refractivity contribution is 5.94. The number of carbonyl (C=O) groups is 1. The Hall–Kier alpha value is -4.71. The predicted molar refractivity (Wildman–Crippen MR) is 153 cm³/mol. The SMILES string of the molecule is COc1cc(Cc2cnc(N)nc2N)cc(/C=C/c2c(F)cc3c(=O)c(C(=O)O)cn(C4CC4)c3c2F)c1OC.Cl. The molecule has 10 nitrogen and oxygen atoms in total. The number of carboxylic acid groups (broad SMARTS) is 1. The molecule has 1 aliphatic carbocycles. The summed E-state index contributed by atoms with van der Waals surface area (Å²) in [5, 5.41) is 9.11. The van der Waals surface area contributed by atoms with Gasteiger partial charge >= 0.3 is 5.97 Å². The minimum Gasteiger partial charge on any atom is -0.493 e. The number of nitrogens with zero attached hydrogens (tertiary/aromatic N) is 3. The molecular weight excluding hydrogens is 560 g/mol. The number of methoxy groups -OCH3 is 2. The van der Waals surface area contributed by atoms with Gasteiger partial charge in [-0.05, 0) is 42.7 Å². The molecule has 1 fully saturated rings. The van der Waals surface area contributed by atoms with Gasteiger partial charge in [0.05, 0.1) is 25.1 Å². The van der Waals surface area contributed by atoms with Crippen LogP contribution in [-0.4, -0.2) is 39.8 Å². The van der Waals surface area contributed by atoms with E-state index in [1.165, 1.54) is 37.1 Å². The fraction of sp³-hybridized carbons (Fsp3) is 0.214. The van der Waals surface area contributed by atoms with Crippen molar-refractivity contribution in [3.8, 4) is 11.5 Å². The van der Waals surface area contributed by atoms with E-state index in [0.29, 0.717) is 41.9 Å². The van der Waals surface area contributed by atoms with Crippen molar-refractivity contribution in [1.82, 2.24) is 14.5 Å². The summed E-state index contributed by atoms with van der Waals surface area (Å²) in [6, 6.07) is 4.18. The summed E-state index contributed by atoms with van der Waals surface area (Å²) in [7, 11) is 2.90. The smallest absolute Gasteiger partial charge is 0.341 e. The minimum absolute atomic E-state index is 0. The minimum atomic E-state index is -1.46. The van der Waals surface area contributed by atoms with Crippen molar-refractivity contribution >= 4 is 53.2 Å². The van der Waals surface area contributed by atoms with Crippen LogP contribution in [0.4, 0.5) is 20.5 Å². The van der Waals surface area contributed by atoms with E-state index in [0.717, 1.165) is 17.8 Å². The number of carboxylic acids is 1. The van der Waals surface area contributed by atoms with Gasteiger partial charge in [-0.25, -0.2) is 18.6 Å². The van der Waals surface area contributed by atoms with Crippen molar-refractivity contribution in [2.45, 2.75) is 25.3 Å². The molecule has 2 heterocycles. The highest BCUT2D eigenvalue weighted by atomic mass is 35.5. The summed E-state index contributed by atoms with van der Waals surface area (Å²) in [5.41, 5.74) is 11.3. The molecule has 0 spiro atoms. The first kappa shape index (κ1) is 29.3. The van der Waals surface area contributed by atoms with Crippen LogP contribution in [0.5, 0.6) is 11.5 Å². The molecule has 0 radical (unpaired) electrons. The lowest BCUT2D eigenvalue weighted by atomic mass is 10.0. The standard InChI is InChI=1S/C28H25F2N5O5.ClH/c1-39-21-9-13(8-15-11-33-28(32)34-26(15)31)7-14(25(21)40-2)3-6-17-20(29)10-18-23(22(17)30)35(16-4-5-16)12-19(24(18)36)27(37)38;/h3,6-7,9-12,16H,4-5,8H2,1-2H3,(H,37,38)(H4,31,32,33,34);1H/b6-3+;. The van der Waals surface area contributed by atoms with Crippen LogP contribution in [0, 0.1) is 11.6 Å². The Morgan fingerprint density at radius 1 is 1.17 bits per heavy atom. The summed E-state index contributed by atoms with van der Waals surface area (Å²) in [4.78, 5) is 32.3. The summed E-state index contributed by atoms with van der Waals surface area (Å²) >= 11 is 0. The van der Waals surface area contributed by atoms with Gasteiger partial charge in [0.1, 0.15) is 17.2 Å². The quantitative estimate of drug-likeness (QED) is 0.254. The van der Waals surface area contributed by atoms with Gasteiger partial charge < -0.3 is 30.6 Å². The number of benzene rings is 2. The van der Waals surface area contributed by atoms with Crippen LogP contribution in [0.3, 0.4) is 0 Å². The number of ether oxygens (including phenoxy) is 2. The van der Waals surface area contributed by atoms with Gasteiger partial charge in [0, 0.05) is 41.5 Å². The average Bonchev–Trinajstić information content (AvgIpc) is 3.75. The lowest BCUT2D eigenvalue weighted by Crippen LogP contribution is -2.20. The Bertz CT molecular complexity index is 1770. The molecule has 0 atom stereocenters. The Balaban J connectivity index is 0.00000387. The first-order valence-corrected chi connectivity index (χ1v) is 12.2. The molecule has 2 aromatic heterocycles. The number of fused-ring (bicyclic) bond motifs is 1. The van der Waals surface area contributed by atoms with E-state index < -0.39 is 34.2 Å². The van der Waals surface area contributed by atoms with Crippen molar-refractivity contribution in [1.29, 1.82) is 0 Å². The van der Waals surface area contributed by atoms with E-state index in [2.05, 4.69) is 9.97 Å². The monoisotopic (exact) mass is 585 g/mol. The number of nitrogen functional groups attached to an aromatic ring is 2. The molecule has 13 heteroatoms. The van der Waals surface area contributed by atoms with E-state index in [1.807, 2.05) is 0 Å². The summed E-state index contributed by atoms with van der Waals surface area (Å²) in [6.07, 6.45) is 7.03. The maximum atomic E-state index is 15.9. The predicted octanol–water partition coefficient (Wildman–Crippen LogP) is 4.47. The Morgan fingerprint density at radius 2 is 1.90 bits per heavy atom. The molecule has 5 N–H and O–H groups in total. The van der Waals surface area contributed by atoms with Gasteiger partial charge in [0.25, 0.3) is 0 Å². The van der Waals surface area contributed by atoms with Crippen LogP contribution in [0.1, 0.15) is 51.5 Å². The maximum absolute atomic E-state index is 15.9. The van der Waals surface area contributed by atoms with Crippen molar-refractivity contribution in [2.75, 3.05) is 25.7 Å².